The van der Waals surface area contributed by atoms with Crippen LogP contribution in [0.15, 0.2) is 24.3 Å². The van der Waals surface area contributed by atoms with Crippen molar-refractivity contribution in [2.24, 2.45) is 0 Å². The molecule has 23 heavy (non-hydrogen) atoms. The fraction of sp³-hybridized carbons (Fsp3) is 0.556. The van der Waals surface area contributed by atoms with Gasteiger partial charge in [-0.05, 0) is 51.7 Å². The number of aryl methyl sites for hydroxylation is 1. The molecule has 0 aliphatic heterocycles. The number of hydrogen-bond donors (Lipinski definition) is 1. The molecule has 0 aliphatic rings. The summed E-state index contributed by atoms with van der Waals surface area (Å²) in [6.07, 6.45) is 1.47. The van der Waals surface area contributed by atoms with Crippen LogP contribution in [-0.4, -0.2) is 24.3 Å². The number of carbonyl (C=O) groups excluding carboxylic acids is 2. The zero-order valence-electron chi connectivity index (χ0n) is 14.5. The van der Waals surface area contributed by atoms with E-state index in [2.05, 4.69) is 5.32 Å². The highest BCUT2D eigenvalue weighted by molar-refractivity contribution is 5.69. The summed E-state index contributed by atoms with van der Waals surface area (Å²) < 4.78 is 10.2. The lowest BCUT2D eigenvalue weighted by molar-refractivity contribution is -0.143. The SMILES string of the molecule is CCOC(=O)CCCc1ccccc1CNC(=O)OC(C)(C)C. The van der Waals surface area contributed by atoms with Gasteiger partial charge in [0.25, 0.3) is 0 Å². The molecule has 0 aromatic heterocycles. The van der Waals surface area contributed by atoms with Crippen molar-refractivity contribution in [2.75, 3.05) is 6.61 Å². The summed E-state index contributed by atoms with van der Waals surface area (Å²) in [6.45, 7) is 8.11. The molecule has 1 aromatic carbocycles. The van der Waals surface area contributed by atoms with Crippen molar-refractivity contribution in [3.8, 4) is 0 Å². The molecule has 0 radical (unpaired) electrons. The molecule has 1 N–H and O–H groups in total. The number of nitrogens with one attached hydrogen (secondary N) is 1. The van der Waals surface area contributed by atoms with E-state index in [1.165, 1.54) is 0 Å². The van der Waals surface area contributed by atoms with Crippen molar-refractivity contribution < 1.29 is 19.1 Å². The van der Waals surface area contributed by atoms with Gasteiger partial charge < -0.3 is 14.8 Å². The Kier molecular flexibility index (Phi) is 7.59. The van der Waals surface area contributed by atoms with E-state index in [0.717, 1.165) is 24.0 Å². The Morgan fingerprint density at radius 2 is 1.78 bits per heavy atom. The van der Waals surface area contributed by atoms with Gasteiger partial charge in [-0.15, -0.1) is 0 Å². The first-order valence-electron chi connectivity index (χ1n) is 8.01. The first-order valence-corrected chi connectivity index (χ1v) is 8.01. The van der Waals surface area contributed by atoms with E-state index in [1.807, 2.05) is 45.0 Å². The van der Waals surface area contributed by atoms with E-state index in [9.17, 15) is 9.59 Å². The fourth-order valence-electron chi connectivity index (χ4n) is 2.11. The largest absolute Gasteiger partial charge is 0.466 e. The molecule has 0 heterocycles. The Bertz CT molecular complexity index is 520. The molecule has 5 nitrogen and oxygen atoms in total. The summed E-state index contributed by atoms with van der Waals surface area (Å²) >= 11 is 0. The van der Waals surface area contributed by atoms with Crippen molar-refractivity contribution >= 4 is 12.1 Å². The van der Waals surface area contributed by atoms with Gasteiger partial charge in [0, 0.05) is 13.0 Å². The molecular weight excluding hydrogens is 294 g/mol. The molecule has 128 valence electrons. The Balaban J connectivity index is 2.50. The second-order valence-corrected chi connectivity index (χ2v) is 6.28. The van der Waals surface area contributed by atoms with E-state index >= 15 is 0 Å². The minimum absolute atomic E-state index is 0.170. The van der Waals surface area contributed by atoms with Crippen molar-refractivity contribution in [3.63, 3.8) is 0 Å². The van der Waals surface area contributed by atoms with Gasteiger partial charge >= 0.3 is 12.1 Å². The van der Waals surface area contributed by atoms with Crippen molar-refractivity contribution in [1.29, 1.82) is 0 Å². The summed E-state index contributed by atoms with van der Waals surface area (Å²) in [4.78, 5) is 23.1. The van der Waals surface area contributed by atoms with Crippen LogP contribution < -0.4 is 5.32 Å². The van der Waals surface area contributed by atoms with Crippen LogP contribution in [0, 0.1) is 0 Å². The monoisotopic (exact) mass is 321 g/mol. The highest BCUT2D eigenvalue weighted by Crippen LogP contribution is 2.13. The number of esters is 1. The summed E-state index contributed by atoms with van der Waals surface area (Å²) in [5, 5.41) is 2.76. The standard InChI is InChI=1S/C18H27NO4/c1-5-22-16(20)12-8-11-14-9-6-7-10-15(14)13-19-17(21)23-18(2,3)4/h6-7,9-10H,5,8,11-13H2,1-4H3,(H,19,21). The van der Waals surface area contributed by atoms with Gasteiger partial charge in [0.15, 0.2) is 0 Å². The van der Waals surface area contributed by atoms with Crippen molar-refractivity contribution in [2.45, 2.75) is 59.1 Å². The summed E-state index contributed by atoms with van der Waals surface area (Å²) in [7, 11) is 0. The minimum atomic E-state index is -0.511. The molecule has 0 spiro atoms. The topological polar surface area (TPSA) is 64.6 Å². The molecule has 0 unspecified atom stereocenters. The number of ether oxygens (including phenoxy) is 2. The molecule has 0 bridgehead atoms. The van der Waals surface area contributed by atoms with Gasteiger partial charge in [-0.1, -0.05) is 24.3 Å². The first kappa shape index (κ1) is 19.0. The second kappa shape index (κ2) is 9.18. The van der Waals surface area contributed by atoms with Gasteiger partial charge in [-0.2, -0.15) is 0 Å². The fourth-order valence-corrected chi connectivity index (χ4v) is 2.11. The Labute approximate surface area is 138 Å². The van der Waals surface area contributed by atoms with Crippen LogP contribution in [0.1, 0.15) is 51.7 Å². The average molecular weight is 321 g/mol. The smallest absolute Gasteiger partial charge is 0.407 e. The maximum atomic E-state index is 11.7. The van der Waals surface area contributed by atoms with Gasteiger partial charge in [-0.25, -0.2) is 4.79 Å². The van der Waals surface area contributed by atoms with Gasteiger partial charge in [0.2, 0.25) is 0 Å². The molecule has 1 amide bonds. The number of carbonyl (C=O) groups is 2. The molecule has 0 saturated carbocycles. The third kappa shape index (κ3) is 8.24. The van der Waals surface area contributed by atoms with Crippen LogP contribution in [0.5, 0.6) is 0 Å². The lowest BCUT2D eigenvalue weighted by Crippen LogP contribution is -2.32. The van der Waals surface area contributed by atoms with Crippen LogP contribution in [0.3, 0.4) is 0 Å². The molecule has 1 aromatic rings. The predicted molar refractivity (Wildman–Crippen MR) is 89.1 cm³/mol. The third-order valence-corrected chi connectivity index (χ3v) is 3.07. The average Bonchev–Trinajstić information content (AvgIpc) is 2.45. The van der Waals surface area contributed by atoms with Gasteiger partial charge in [0.05, 0.1) is 6.61 Å². The Morgan fingerprint density at radius 3 is 2.39 bits per heavy atom. The molecule has 0 atom stereocenters. The van der Waals surface area contributed by atoms with E-state index in [1.54, 1.807) is 6.92 Å². The predicted octanol–water partition coefficient (Wildman–Crippen LogP) is 3.60. The van der Waals surface area contributed by atoms with Gasteiger partial charge in [0.1, 0.15) is 5.60 Å². The second-order valence-electron chi connectivity index (χ2n) is 6.28. The normalized spacial score (nSPS) is 11.0. The van der Waals surface area contributed by atoms with Crippen LogP contribution in [-0.2, 0) is 27.2 Å². The molecule has 0 fully saturated rings. The molecular formula is C18H27NO4. The number of rotatable bonds is 7. The number of amides is 1. The number of benzene rings is 1. The highest BCUT2D eigenvalue weighted by atomic mass is 16.6. The molecule has 0 aliphatic carbocycles. The van der Waals surface area contributed by atoms with E-state index in [-0.39, 0.29) is 5.97 Å². The van der Waals surface area contributed by atoms with E-state index in [0.29, 0.717) is 19.6 Å². The molecule has 5 heteroatoms. The molecule has 1 rings (SSSR count). The van der Waals surface area contributed by atoms with Crippen LogP contribution in [0.4, 0.5) is 4.79 Å². The Hall–Kier alpha value is -2.04. The van der Waals surface area contributed by atoms with Crippen LogP contribution in [0.2, 0.25) is 0 Å². The van der Waals surface area contributed by atoms with E-state index < -0.39 is 11.7 Å². The zero-order chi connectivity index (χ0) is 17.3. The Morgan fingerprint density at radius 1 is 1.13 bits per heavy atom. The molecule has 0 saturated heterocycles. The lowest BCUT2D eigenvalue weighted by Gasteiger charge is -2.20. The first-order chi connectivity index (χ1) is 10.8. The van der Waals surface area contributed by atoms with E-state index in [4.69, 9.17) is 9.47 Å². The number of hydrogen-bond acceptors (Lipinski definition) is 4. The maximum Gasteiger partial charge on any atom is 0.407 e. The third-order valence-electron chi connectivity index (χ3n) is 3.07. The minimum Gasteiger partial charge on any atom is -0.466 e. The highest BCUT2D eigenvalue weighted by Gasteiger charge is 2.16. The quantitative estimate of drug-likeness (QED) is 0.779. The van der Waals surface area contributed by atoms with Crippen molar-refractivity contribution in [1.82, 2.24) is 5.32 Å². The lowest BCUT2D eigenvalue weighted by atomic mass is 10.0. The number of alkyl carbamates (subject to hydrolysis) is 1. The van der Waals surface area contributed by atoms with Crippen molar-refractivity contribution in [3.05, 3.63) is 35.4 Å². The summed E-state index contributed by atoms with van der Waals surface area (Å²) in [6, 6.07) is 7.87. The van der Waals surface area contributed by atoms with Gasteiger partial charge in [-0.3, -0.25) is 4.79 Å². The zero-order valence-corrected chi connectivity index (χ0v) is 14.5. The summed E-state index contributed by atoms with van der Waals surface area (Å²) in [5.74, 6) is -0.170. The summed E-state index contributed by atoms with van der Waals surface area (Å²) in [5.41, 5.74) is 1.64. The van der Waals surface area contributed by atoms with Crippen LogP contribution >= 0.6 is 0 Å². The van der Waals surface area contributed by atoms with Crippen LogP contribution in [0.25, 0.3) is 0 Å². The maximum absolute atomic E-state index is 11.7.